The second-order valence-electron chi connectivity index (χ2n) is 6.12. The molecule has 0 saturated carbocycles. The van der Waals surface area contributed by atoms with Gasteiger partial charge in [0, 0.05) is 17.0 Å². The molecule has 1 aromatic heterocycles. The first kappa shape index (κ1) is 16.3. The maximum Gasteiger partial charge on any atom is 0.229 e. The number of anilines is 2. The third-order valence-corrected chi connectivity index (χ3v) is 3.34. The molecule has 0 aliphatic heterocycles. The Bertz CT molecular complexity index is 630. The molecule has 1 aromatic carbocycles. The lowest BCUT2D eigenvalue weighted by Crippen LogP contribution is -2.27. The van der Waals surface area contributed by atoms with Crippen LogP contribution in [0, 0.1) is 5.41 Å². The van der Waals surface area contributed by atoms with Gasteiger partial charge in [-0.1, -0.05) is 44.5 Å². The number of amides is 1. The third-order valence-electron chi connectivity index (χ3n) is 3.09. The summed E-state index contributed by atoms with van der Waals surface area (Å²) in [6, 6.07) is 11.3. The Kier molecular flexibility index (Phi) is 5.03. The number of aromatic nitrogens is 1. The molecule has 0 aliphatic rings. The minimum absolute atomic E-state index is 0.0313. The summed E-state index contributed by atoms with van der Waals surface area (Å²) in [5.74, 6) is 0.722. The van der Waals surface area contributed by atoms with Crippen molar-refractivity contribution in [2.45, 2.75) is 27.3 Å². The zero-order valence-electron chi connectivity index (χ0n) is 13.0. The fourth-order valence-corrected chi connectivity index (χ4v) is 1.81. The molecule has 0 radical (unpaired) electrons. The van der Waals surface area contributed by atoms with Crippen LogP contribution in [-0.2, 0) is 11.3 Å². The van der Waals surface area contributed by atoms with Crippen LogP contribution in [0.2, 0.25) is 5.02 Å². The van der Waals surface area contributed by atoms with Crippen LogP contribution in [0.3, 0.4) is 0 Å². The van der Waals surface area contributed by atoms with Crippen molar-refractivity contribution < 1.29 is 4.79 Å². The van der Waals surface area contributed by atoms with Crippen LogP contribution < -0.4 is 10.6 Å². The average molecular weight is 318 g/mol. The zero-order valence-corrected chi connectivity index (χ0v) is 13.7. The fourth-order valence-electron chi connectivity index (χ4n) is 1.69. The van der Waals surface area contributed by atoms with Crippen LogP contribution in [-0.4, -0.2) is 10.9 Å². The number of benzene rings is 1. The topological polar surface area (TPSA) is 54.0 Å². The van der Waals surface area contributed by atoms with E-state index in [0.717, 1.165) is 16.4 Å². The van der Waals surface area contributed by atoms with E-state index in [2.05, 4.69) is 15.6 Å². The van der Waals surface area contributed by atoms with E-state index in [1.54, 1.807) is 6.20 Å². The Balaban J connectivity index is 1.92. The summed E-state index contributed by atoms with van der Waals surface area (Å²) in [7, 11) is 0. The number of hydrogen-bond acceptors (Lipinski definition) is 3. The number of carbonyl (C=O) groups is 1. The normalized spacial score (nSPS) is 11.1. The van der Waals surface area contributed by atoms with Crippen molar-refractivity contribution in [2.24, 2.45) is 5.41 Å². The van der Waals surface area contributed by atoms with E-state index in [-0.39, 0.29) is 5.91 Å². The van der Waals surface area contributed by atoms with E-state index in [9.17, 15) is 4.79 Å². The van der Waals surface area contributed by atoms with Gasteiger partial charge in [0.25, 0.3) is 0 Å². The van der Waals surface area contributed by atoms with E-state index in [4.69, 9.17) is 11.6 Å². The van der Waals surface area contributed by atoms with Crippen molar-refractivity contribution in [1.29, 1.82) is 0 Å². The van der Waals surface area contributed by atoms with E-state index >= 15 is 0 Å². The Hall–Kier alpha value is -2.07. The monoisotopic (exact) mass is 317 g/mol. The minimum Gasteiger partial charge on any atom is -0.366 e. The molecule has 1 amide bonds. The molecule has 0 atom stereocenters. The van der Waals surface area contributed by atoms with Gasteiger partial charge in [-0.05, 0) is 29.8 Å². The molecule has 0 spiro atoms. The van der Waals surface area contributed by atoms with Gasteiger partial charge in [0.1, 0.15) is 5.82 Å². The van der Waals surface area contributed by atoms with Gasteiger partial charge in [-0.3, -0.25) is 4.79 Å². The number of nitrogens with one attached hydrogen (secondary N) is 2. The molecule has 5 heteroatoms. The summed E-state index contributed by atoms with van der Waals surface area (Å²) >= 11 is 5.85. The SMILES string of the molecule is CC(C)(C)C(=O)Nc1ccc(NCc2ccc(Cl)cc2)nc1. The first-order chi connectivity index (χ1) is 10.3. The van der Waals surface area contributed by atoms with Crippen molar-refractivity contribution in [3.05, 3.63) is 53.2 Å². The predicted octanol–water partition coefficient (Wildman–Crippen LogP) is 4.33. The summed E-state index contributed by atoms with van der Waals surface area (Å²) < 4.78 is 0. The summed E-state index contributed by atoms with van der Waals surface area (Å²) in [6.45, 7) is 6.28. The van der Waals surface area contributed by atoms with E-state index in [1.807, 2.05) is 57.2 Å². The molecule has 1 heterocycles. The van der Waals surface area contributed by atoms with Crippen molar-refractivity contribution in [1.82, 2.24) is 4.98 Å². The molecule has 4 nitrogen and oxygen atoms in total. The first-order valence-corrected chi connectivity index (χ1v) is 7.48. The minimum atomic E-state index is -0.425. The number of hydrogen-bond donors (Lipinski definition) is 2. The molecular formula is C17H20ClN3O. The standard InChI is InChI=1S/C17H20ClN3O/c1-17(2,3)16(22)21-14-8-9-15(20-11-14)19-10-12-4-6-13(18)7-5-12/h4-9,11H,10H2,1-3H3,(H,19,20)(H,21,22). The highest BCUT2D eigenvalue weighted by atomic mass is 35.5. The smallest absolute Gasteiger partial charge is 0.229 e. The number of halogens is 1. The Morgan fingerprint density at radius 2 is 1.82 bits per heavy atom. The van der Waals surface area contributed by atoms with Gasteiger partial charge in [-0.15, -0.1) is 0 Å². The van der Waals surface area contributed by atoms with Gasteiger partial charge in [0.15, 0.2) is 0 Å². The Morgan fingerprint density at radius 1 is 1.14 bits per heavy atom. The largest absolute Gasteiger partial charge is 0.366 e. The molecule has 116 valence electrons. The molecule has 2 rings (SSSR count). The maximum atomic E-state index is 11.9. The number of rotatable bonds is 4. The highest BCUT2D eigenvalue weighted by molar-refractivity contribution is 6.30. The van der Waals surface area contributed by atoms with Crippen molar-refractivity contribution >= 4 is 29.0 Å². The second kappa shape index (κ2) is 6.79. The van der Waals surface area contributed by atoms with Crippen LogP contribution in [0.5, 0.6) is 0 Å². The van der Waals surface area contributed by atoms with E-state index < -0.39 is 5.41 Å². The quantitative estimate of drug-likeness (QED) is 0.882. The maximum absolute atomic E-state index is 11.9. The van der Waals surface area contributed by atoms with Crippen molar-refractivity contribution in [2.75, 3.05) is 10.6 Å². The molecule has 0 fully saturated rings. The molecular weight excluding hydrogens is 298 g/mol. The molecule has 2 aromatic rings. The average Bonchev–Trinajstić information content (AvgIpc) is 2.47. The van der Waals surface area contributed by atoms with Crippen LogP contribution in [0.25, 0.3) is 0 Å². The summed E-state index contributed by atoms with van der Waals surface area (Å²) in [6.07, 6.45) is 1.65. The first-order valence-electron chi connectivity index (χ1n) is 7.10. The lowest BCUT2D eigenvalue weighted by molar-refractivity contribution is -0.123. The summed E-state index contributed by atoms with van der Waals surface area (Å²) in [5, 5.41) is 6.79. The Morgan fingerprint density at radius 3 is 2.36 bits per heavy atom. The van der Waals surface area contributed by atoms with Crippen LogP contribution >= 0.6 is 11.6 Å². The molecule has 0 aliphatic carbocycles. The Labute approximate surface area is 135 Å². The molecule has 0 bridgehead atoms. The highest BCUT2D eigenvalue weighted by Crippen LogP contribution is 2.18. The fraction of sp³-hybridized carbons (Fsp3) is 0.294. The van der Waals surface area contributed by atoms with Crippen molar-refractivity contribution in [3.63, 3.8) is 0 Å². The highest BCUT2D eigenvalue weighted by Gasteiger charge is 2.21. The van der Waals surface area contributed by atoms with Gasteiger partial charge < -0.3 is 10.6 Å². The van der Waals surface area contributed by atoms with Gasteiger partial charge in [0.05, 0.1) is 11.9 Å². The van der Waals surface area contributed by atoms with Gasteiger partial charge in [-0.25, -0.2) is 4.98 Å². The predicted molar refractivity (Wildman–Crippen MR) is 91.1 cm³/mol. The van der Waals surface area contributed by atoms with Crippen LogP contribution in [0.15, 0.2) is 42.6 Å². The number of carbonyl (C=O) groups excluding carboxylic acids is 1. The van der Waals surface area contributed by atoms with Gasteiger partial charge >= 0.3 is 0 Å². The van der Waals surface area contributed by atoms with Crippen LogP contribution in [0.1, 0.15) is 26.3 Å². The number of nitrogens with zero attached hydrogens (tertiary/aromatic N) is 1. The van der Waals surface area contributed by atoms with E-state index in [1.165, 1.54) is 0 Å². The zero-order chi connectivity index (χ0) is 16.2. The van der Waals surface area contributed by atoms with Gasteiger partial charge in [-0.2, -0.15) is 0 Å². The molecule has 22 heavy (non-hydrogen) atoms. The summed E-state index contributed by atoms with van der Waals surface area (Å²) in [4.78, 5) is 16.2. The van der Waals surface area contributed by atoms with Crippen LogP contribution in [0.4, 0.5) is 11.5 Å². The second-order valence-corrected chi connectivity index (χ2v) is 6.55. The third kappa shape index (κ3) is 4.74. The lowest BCUT2D eigenvalue weighted by atomic mass is 9.96. The number of pyridine rings is 1. The van der Waals surface area contributed by atoms with Crippen molar-refractivity contribution in [3.8, 4) is 0 Å². The van der Waals surface area contributed by atoms with Gasteiger partial charge in [0.2, 0.25) is 5.91 Å². The molecule has 2 N–H and O–H groups in total. The van der Waals surface area contributed by atoms with E-state index in [0.29, 0.717) is 12.2 Å². The lowest BCUT2D eigenvalue weighted by Gasteiger charge is -2.17. The molecule has 0 saturated heterocycles. The molecule has 0 unspecified atom stereocenters. The summed E-state index contributed by atoms with van der Waals surface area (Å²) in [5.41, 5.74) is 1.39.